The lowest BCUT2D eigenvalue weighted by atomic mass is 10.1. The van der Waals surface area contributed by atoms with E-state index >= 15 is 0 Å². The van der Waals surface area contributed by atoms with Gasteiger partial charge in [-0.3, -0.25) is 9.36 Å². The van der Waals surface area contributed by atoms with Gasteiger partial charge in [-0.15, -0.1) is 0 Å². The van der Waals surface area contributed by atoms with Crippen molar-refractivity contribution in [1.29, 1.82) is 0 Å². The number of fused-ring (bicyclic) bond motifs is 1. The summed E-state index contributed by atoms with van der Waals surface area (Å²) in [5.41, 5.74) is 14.6. The van der Waals surface area contributed by atoms with Crippen molar-refractivity contribution in [3.63, 3.8) is 0 Å². The van der Waals surface area contributed by atoms with Gasteiger partial charge in [0.2, 0.25) is 5.95 Å². The van der Waals surface area contributed by atoms with Crippen molar-refractivity contribution >= 4 is 34.2 Å². The van der Waals surface area contributed by atoms with Crippen molar-refractivity contribution in [3.8, 4) is 5.69 Å². The van der Waals surface area contributed by atoms with Crippen LogP contribution in [0.4, 0.5) is 23.3 Å². The van der Waals surface area contributed by atoms with Gasteiger partial charge in [0.25, 0.3) is 11.2 Å². The van der Waals surface area contributed by atoms with Gasteiger partial charge in [0.1, 0.15) is 17.5 Å². The molecule has 32 heavy (non-hydrogen) atoms. The maximum Gasteiger partial charge on any atom is 0.268 e. The smallest absolute Gasteiger partial charge is 0.268 e. The Kier molecular flexibility index (Phi) is 5.20. The summed E-state index contributed by atoms with van der Waals surface area (Å²) in [6.45, 7) is 13.1. The molecule has 4 aromatic rings. The van der Waals surface area contributed by atoms with Crippen LogP contribution < -0.4 is 22.3 Å². The highest BCUT2D eigenvalue weighted by atomic mass is 16.1. The maximum absolute atomic E-state index is 13.7. The molecule has 0 aliphatic heterocycles. The molecule has 160 valence electrons. The first-order valence-corrected chi connectivity index (χ1v) is 9.97. The molecule has 0 unspecified atom stereocenters. The fraction of sp³-hybridized carbons (Fsp3) is 0.174. The number of para-hydroxylation sites is 1. The van der Waals surface area contributed by atoms with Gasteiger partial charge < -0.3 is 16.8 Å². The van der Waals surface area contributed by atoms with Gasteiger partial charge in [0, 0.05) is 0 Å². The van der Waals surface area contributed by atoms with Crippen molar-refractivity contribution in [3.05, 3.63) is 81.2 Å². The second kappa shape index (κ2) is 8.00. The second-order valence-corrected chi connectivity index (χ2v) is 7.51. The monoisotopic (exact) mass is 426 g/mol. The Morgan fingerprint density at radius 1 is 1.03 bits per heavy atom. The molecule has 0 fully saturated rings. The predicted octanol–water partition coefficient (Wildman–Crippen LogP) is 3.68. The molecule has 0 aliphatic rings. The van der Waals surface area contributed by atoms with Gasteiger partial charge in [-0.25, -0.2) is 19.8 Å². The Hall–Kier alpha value is -4.45. The van der Waals surface area contributed by atoms with Crippen molar-refractivity contribution in [2.24, 2.45) is 0 Å². The highest BCUT2D eigenvalue weighted by Crippen LogP contribution is 2.32. The molecule has 2 aromatic carbocycles. The van der Waals surface area contributed by atoms with Crippen LogP contribution in [0, 0.1) is 20.4 Å². The molecule has 0 saturated heterocycles. The van der Waals surface area contributed by atoms with E-state index in [-0.39, 0.29) is 28.8 Å². The molecule has 0 saturated carbocycles. The maximum atomic E-state index is 13.7. The molecule has 2 heterocycles. The van der Waals surface area contributed by atoms with Gasteiger partial charge in [-0.2, -0.15) is 0 Å². The number of aryl methyl sites for hydroxylation is 2. The highest BCUT2D eigenvalue weighted by molar-refractivity contribution is 5.82. The Morgan fingerprint density at radius 2 is 1.75 bits per heavy atom. The Labute approximate surface area is 184 Å². The second-order valence-electron chi connectivity index (χ2n) is 7.51. The zero-order chi connectivity index (χ0) is 23.0. The minimum absolute atomic E-state index is 0.0133. The van der Waals surface area contributed by atoms with Crippen LogP contribution in [0.25, 0.3) is 21.4 Å². The topological polar surface area (TPSA) is 129 Å². The summed E-state index contributed by atoms with van der Waals surface area (Å²) < 4.78 is 1.60. The minimum Gasteiger partial charge on any atom is -0.392 e. The largest absolute Gasteiger partial charge is 0.392 e. The molecular formula is C23H22N8O. The Morgan fingerprint density at radius 3 is 2.47 bits per heavy atom. The van der Waals surface area contributed by atoms with Crippen LogP contribution in [0.2, 0.25) is 0 Å². The number of hydrogen-bond acceptors (Lipinski definition) is 7. The van der Waals surface area contributed by atoms with E-state index in [1.54, 1.807) is 4.57 Å². The number of nitrogens with two attached hydrogens (primary N) is 2. The normalized spacial score (nSPS) is 11.8. The first-order chi connectivity index (χ1) is 15.3. The lowest BCUT2D eigenvalue weighted by Crippen LogP contribution is -2.28. The standard InChI is InChI=1S/C23H22N8O/c1-12-8-5-6-11-16(12)31-21(28-15-10-7-9-13(2)17(15)22(31)32)14(3)27-20-18(26-4)19(24)29-23(25)30-20/h5-11,14H,1-3H3,(H5,24,25,27,29,30)/t14-/m0/s1. The molecule has 4 rings (SSSR count). The van der Waals surface area contributed by atoms with E-state index in [2.05, 4.69) is 20.1 Å². The van der Waals surface area contributed by atoms with Gasteiger partial charge in [0.15, 0.2) is 0 Å². The molecule has 0 radical (unpaired) electrons. The fourth-order valence-corrected chi connectivity index (χ4v) is 3.72. The van der Waals surface area contributed by atoms with Crippen molar-refractivity contribution in [1.82, 2.24) is 19.5 Å². The molecule has 0 amide bonds. The van der Waals surface area contributed by atoms with E-state index in [0.29, 0.717) is 16.7 Å². The highest BCUT2D eigenvalue weighted by Gasteiger charge is 2.22. The molecule has 1 atom stereocenters. The SMILES string of the molecule is [C-]#[N+]c1c(N)nc(N)nc1N[C@@H](C)c1nc2cccc(C)c2c(=O)n1-c1ccccc1C. The van der Waals surface area contributed by atoms with Crippen LogP contribution in [-0.4, -0.2) is 19.5 Å². The number of rotatable bonds is 4. The number of aromatic nitrogens is 4. The average Bonchev–Trinajstić information content (AvgIpc) is 2.74. The number of benzene rings is 2. The van der Waals surface area contributed by atoms with Crippen molar-refractivity contribution < 1.29 is 0 Å². The summed E-state index contributed by atoms with van der Waals surface area (Å²) in [5.74, 6) is 0.588. The van der Waals surface area contributed by atoms with Crippen LogP contribution in [0.15, 0.2) is 47.3 Å². The van der Waals surface area contributed by atoms with E-state index in [9.17, 15) is 4.79 Å². The van der Waals surface area contributed by atoms with Crippen molar-refractivity contribution in [2.45, 2.75) is 26.8 Å². The van der Waals surface area contributed by atoms with E-state index in [4.69, 9.17) is 23.0 Å². The van der Waals surface area contributed by atoms with Gasteiger partial charge >= 0.3 is 0 Å². The summed E-state index contributed by atoms with van der Waals surface area (Å²) in [7, 11) is 0. The average molecular weight is 426 g/mol. The lowest BCUT2D eigenvalue weighted by Gasteiger charge is -2.22. The van der Waals surface area contributed by atoms with Crippen LogP contribution in [0.1, 0.15) is 29.9 Å². The first kappa shape index (κ1) is 20.8. The van der Waals surface area contributed by atoms with E-state index in [1.807, 2.05) is 63.2 Å². The van der Waals surface area contributed by atoms with E-state index < -0.39 is 6.04 Å². The van der Waals surface area contributed by atoms with Crippen molar-refractivity contribution in [2.75, 3.05) is 16.8 Å². The van der Waals surface area contributed by atoms with Gasteiger partial charge in [0.05, 0.1) is 29.2 Å². The summed E-state index contributed by atoms with van der Waals surface area (Å²) >= 11 is 0. The molecule has 0 bridgehead atoms. The molecule has 5 N–H and O–H groups in total. The van der Waals surface area contributed by atoms with Crippen LogP contribution in [-0.2, 0) is 0 Å². The summed E-state index contributed by atoms with van der Waals surface area (Å²) in [6, 6.07) is 12.7. The summed E-state index contributed by atoms with van der Waals surface area (Å²) in [6.07, 6.45) is 0. The third kappa shape index (κ3) is 3.48. The lowest BCUT2D eigenvalue weighted by molar-refractivity contribution is 0.729. The zero-order valence-electron chi connectivity index (χ0n) is 17.9. The van der Waals surface area contributed by atoms with E-state index in [0.717, 1.165) is 16.8 Å². The number of nitrogen functional groups attached to an aromatic ring is 2. The summed E-state index contributed by atoms with van der Waals surface area (Å²) in [5, 5.41) is 3.71. The molecule has 9 nitrogen and oxygen atoms in total. The number of hydrogen-bond donors (Lipinski definition) is 3. The van der Waals surface area contributed by atoms with Gasteiger partial charge in [-0.05, 0) is 44.0 Å². The van der Waals surface area contributed by atoms with Gasteiger partial charge in [-0.1, -0.05) is 30.3 Å². The molecule has 2 aromatic heterocycles. The first-order valence-electron chi connectivity index (χ1n) is 9.97. The van der Waals surface area contributed by atoms with Crippen LogP contribution >= 0.6 is 0 Å². The number of anilines is 3. The zero-order valence-corrected chi connectivity index (χ0v) is 17.9. The minimum atomic E-state index is -0.513. The Balaban J connectivity index is 1.97. The third-order valence-electron chi connectivity index (χ3n) is 5.27. The molecule has 0 aliphatic carbocycles. The number of nitrogens with zero attached hydrogens (tertiary/aromatic N) is 5. The van der Waals surface area contributed by atoms with Crippen LogP contribution in [0.5, 0.6) is 0 Å². The summed E-state index contributed by atoms with van der Waals surface area (Å²) in [4.78, 5) is 29.9. The molecule has 9 heteroatoms. The molecule has 0 spiro atoms. The quantitative estimate of drug-likeness (QED) is 0.425. The fourth-order valence-electron chi connectivity index (χ4n) is 3.72. The predicted molar refractivity (Wildman–Crippen MR) is 126 cm³/mol. The van der Waals surface area contributed by atoms with Crippen LogP contribution in [0.3, 0.4) is 0 Å². The molecular weight excluding hydrogens is 404 g/mol. The Bertz CT molecular complexity index is 1450. The number of nitrogens with one attached hydrogen (secondary N) is 1. The third-order valence-corrected chi connectivity index (χ3v) is 5.27. The van der Waals surface area contributed by atoms with E-state index in [1.165, 1.54) is 0 Å².